The molecule has 2 aromatic heterocycles. The van der Waals surface area contributed by atoms with Crippen LogP contribution < -0.4 is 10.5 Å². The molecule has 13 heteroatoms. The number of aromatic nitrogens is 3. The Balaban J connectivity index is 1.65. The fourth-order valence-electron chi connectivity index (χ4n) is 4.27. The topological polar surface area (TPSA) is 120 Å². The van der Waals surface area contributed by atoms with Gasteiger partial charge in [-0.2, -0.15) is 13.9 Å². The normalized spacial score (nSPS) is 24.3. The summed E-state index contributed by atoms with van der Waals surface area (Å²) in [5.74, 6) is -8.94. The van der Waals surface area contributed by atoms with Gasteiger partial charge in [-0.05, 0) is 25.3 Å². The Kier molecular flexibility index (Phi) is 4.71. The molecule has 31 heavy (non-hydrogen) atoms. The van der Waals surface area contributed by atoms with Gasteiger partial charge in [-0.3, -0.25) is 9.48 Å². The highest BCUT2D eigenvalue weighted by atomic mass is 32.2. The molecule has 1 amide bonds. The zero-order chi connectivity index (χ0) is 22.9. The summed E-state index contributed by atoms with van der Waals surface area (Å²) in [5, 5.41) is 10.8. The molecule has 8 nitrogen and oxygen atoms in total. The third-order valence-corrected chi connectivity index (χ3v) is 6.65. The van der Waals surface area contributed by atoms with E-state index in [-0.39, 0.29) is 29.9 Å². The molecule has 0 bridgehead atoms. The van der Waals surface area contributed by atoms with Gasteiger partial charge in [-0.1, -0.05) is 0 Å². The Bertz CT molecular complexity index is 1180. The molecule has 2 aliphatic carbocycles. The molecule has 3 unspecified atom stereocenters. The second-order valence-corrected chi connectivity index (χ2v) is 9.59. The molecule has 0 radical (unpaired) electrons. The highest BCUT2D eigenvalue weighted by Gasteiger charge is 2.77. The summed E-state index contributed by atoms with van der Waals surface area (Å²) < 4.78 is 79.2. The maximum atomic E-state index is 14.0. The minimum absolute atomic E-state index is 0.0124. The maximum Gasteiger partial charge on any atom is 0.289 e. The second-order valence-electron chi connectivity index (χ2n) is 8.08. The van der Waals surface area contributed by atoms with Crippen molar-refractivity contribution in [3.63, 3.8) is 0 Å². The summed E-state index contributed by atoms with van der Waals surface area (Å²) in [7, 11) is -4.13. The number of nitrogens with zero attached hydrogens (tertiary/aromatic N) is 3. The predicted octanol–water partition coefficient (Wildman–Crippen LogP) is 2.50. The molecule has 168 valence electrons. The number of nitrogens with one attached hydrogen (secondary N) is 1. The molecule has 3 atom stereocenters. The third kappa shape index (κ3) is 3.69. The van der Waals surface area contributed by atoms with Gasteiger partial charge < -0.3 is 5.32 Å². The lowest BCUT2D eigenvalue weighted by molar-refractivity contribution is 0.0112. The van der Waals surface area contributed by atoms with E-state index in [4.69, 9.17) is 5.14 Å². The number of halogens is 4. The smallest absolute Gasteiger partial charge is 0.289 e. The van der Waals surface area contributed by atoms with Gasteiger partial charge in [-0.25, -0.2) is 27.3 Å². The van der Waals surface area contributed by atoms with Gasteiger partial charge in [0.15, 0.2) is 5.03 Å². The molecule has 3 N–H and O–H groups in total. The number of nitrogens with two attached hydrogens (primary N) is 1. The SMILES string of the molecule is Cc1c(C(C)(F)F)nn(CC2CC3C2C3(F)F)c1C(=O)Nc1ccnc(S(N)(=O)=O)c1. The number of primary sulfonamides is 1. The Labute approximate surface area is 174 Å². The number of rotatable bonds is 6. The van der Waals surface area contributed by atoms with E-state index in [0.29, 0.717) is 6.92 Å². The van der Waals surface area contributed by atoms with Crippen molar-refractivity contribution in [2.24, 2.45) is 22.9 Å². The lowest BCUT2D eigenvalue weighted by atomic mass is 9.85. The number of fused-ring (bicyclic) bond motifs is 1. The molecule has 0 aliphatic heterocycles. The van der Waals surface area contributed by atoms with Crippen LogP contribution in [0.3, 0.4) is 0 Å². The van der Waals surface area contributed by atoms with E-state index in [1.54, 1.807) is 0 Å². The minimum atomic E-state index is -4.13. The van der Waals surface area contributed by atoms with E-state index in [2.05, 4.69) is 15.4 Å². The van der Waals surface area contributed by atoms with Crippen LogP contribution in [-0.4, -0.2) is 35.0 Å². The average molecular weight is 461 g/mol. The van der Waals surface area contributed by atoms with Crippen LogP contribution in [0.1, 0.15) is 35.1 Å². The van der Waals surface area contributed by atoms with E-state index in [9.17, 15) is 30.8 Å². The monoisotopic (exact) mass is 461 g/mol. The van der Waals surface area contributed by atoms with Crippen LogP contribution in [0.5, 0.6) is 0 Å². The van der Waals surface area contributed by atoms with Crippen molar-refractivity contribution in [2.75, 3.05) is 5.32 Å². The molecular weight excluding hydrogens is 442 g/mol. The minimum Gasteiger partial charge on any atom is -0.321 e. The van der Waals surface area contributed by atoms with Gasteiger partial charge in [0.25, 0.3) is 27.8 Å². The van der Waals surface area contributed by atoms with Crippen LogP contribution in [0.4, 0.5) is 23.2 Å². The molecule has 2 aromatic rings. The highest BCUT2D eigenvalue weighted by molar-refractivity contribution is 7.89. The van der Waals surface area contributed by atoms with Crippen LogP contribution in [0.15, 0.2) is 23.4 Å². The van der Waals surface area contributed by atoms with Crippen LogP contribution >= 0.6 is 0 Å². The summed E-state index contributed by atoms with van der Waals surface area (Å²) >= 11 is 0. The van der Waals surface area contributed by atoms with E-state index >= 15 is 0 Å². The number of sulfonamides is 1. The molecule has 0 aromatic carbocycles. The lowest BCUT2D eigenvalue weighted by Gasteiger charge is -2.23. The predicted molar refractivity (Wildman–Crippen MR) is 100 cm³/mol. The van der Waals surface area contributed by atoms with Crippen molar-refractivity contribution in [3.05, 3.63) is 35.3 Å². The number of hydrogen-bond donors (Lipinski definition) is 2. The highest BCUT2D eigenvalue weighted by Crippen LogP contribution is 2.70. The van der Waals surface area contributed by atoms with E-state index in [0.717, 1.165) is 16.9 Å². The fourth-order valence-corrected chi connectivity index (χ4v) is 4.77. The summed E-state index contributed by atoms with van der Waals surface area (Å²) in [4.78, 5) is 16.5. The summed E-state index contributed by atoms with van der Waals surface area (Å²) in [5.41, 5.74) is -0.920. The van der Waals surface area contributed by atoms with Crippen LogP contribution in [0.25, 0.3) is 0 Å². The first-order valence-electron chi connectivity index (χ1n) is 9.35. The first-order chi connectivity index (χ1) is 14.2. The zero-order valence-electron chi connectivity index (χ0n) is 16.4. The Morgan fingerprint density at radius 3 is 2.61 bits per heavy atom. The van der Waals surface area contributed by atoms with Crippen LogP contribution in [0.2, 0.25) is 0 Å². The number of alkyl halides is 4. The van der Waals surface area contributed by atoms with Crippen molar-refractivity contribution in [1.29, 1.82) is 0 Å². The Morgan fingerprint density at radius 1 is 1.42 bits per heavy atom. The largest absolute Gasteiger partial charge is 0.321 e. The average Bonchev–Trinajstić information content (AvgIpc) is 2.87. The Morgan fingerprint density at radius 2 is 2.10 bits per heavy atom. The first kappa shape index (κ1) is 21.7. The zero-order valence-corrected chi connectivity index (χ0v) is 17.3. The van der Waals surface area contributed by atoms with Crippen molar-refractivity contribution < 1.29 is 30.8 Å². The standard InChI is InChI=1S/C18H19F4N5O3S/c1-8-14(16(28)25-10-3-4-24-12(6-10)31(23,29)30)27(26-15(8)17(2,19)20)7-9-5-11-13(9)18(11,21)22/h3-4,6,9,11,13H,5,7H2,1-2H3,(H2,23,29,30)(H,24,25,28). The van der Waals surface area contributed by atoms with E-state index in [1.807, 2.05) is 0 Å². The van der Waals surface area contributed by atoms with Crippen molar-refractivity contribution in [1.82, 2.24) is 14.8 Å². The molecule has 2 heterocycles. The van der Waals surface area contributed by atoms with Crippen molar-refractivity contribution in [3.8, 4) is 0 Å². The van der Waals surface area contributed by atoms with E-state index in [1.165, 1.54) is 13.0 Å². The molecular formula is C18H19F4N5O3S. The number of carbonyl (C=O) groups excluding carboxylic acids is 1. The molecule has 0 spiro atoms. The van der Waals surface area contributed by atoms with Crippen LogP contribution in [0, 0.1) is 24.7 Å². The number of pyridine rings is 1. The van der Waals surface area contributed by atoms with Crippen molar-refractivity contribution >= 4 is 21.6 Å². The molecule has 4 rings (SSSR count). The summed E-state index contributed by atoms with van der Waals surface area (Å²) in [6, 6.07) is 2.30. The summed E-state index contributed by atoms with van der Waals surface area (Å²) in [6.45, 7) is 1.82. The quantitative estimate of drug-likeness (QED) is 0.641. The number of amides is 1. The maximum absolute atomic E-state index is 14.0. The molecule has 0 saturated heterocycles. The molecule has 2 saturated carbocycles. The number of hydrogen-bond acceptors (Lipinski definition) is 5. The van der Waals surface area contributed by atoms with Gasteiger partial charge in [-0.15, -0.1) is 0 Å². The van der Waals surface area contributed by atoms with Crippen LogP contribution in [-0.2, 0) is 22.5 Å². The fraction of sp³-hybridized carbons (Fsp3) is 0.500. The second kappa shape index (κ2) is 6.73. The van der Waals surface area contributed by atoms with E-state index < -0.39 is 56.2 Å². The van der Waals surface area contributed by atoms with Crippen molar-refractivity contribution in [2.45, 2.75) is 43.7 Å². The summed E-state index contributed by atoms with van der Waals surface area (Å²) in [6.07, 6.45) is 1.34. The van der Waals surface area contributed by atoms with Gasteiger partial charge >= 0.3 is 0 Å². The molecule has 2 aliphatic rings. The van der Waals surface area contributed by atoms with Gasteiger partial charge in [0.05, 0.1) is 0 Å². The Hall–Kier alpha value is -2.54. The lowest BCUT2D eigenvalue weighted by Crippen LogP contribution is -2.26. The number of anilines is 1. The molecule has 2 fully saturated rings. The third-order valence-electron chi connectivity index (χ3n) is 5.84. The van der Waals surface area contributed by atoms with Gasteiger partial charge in [0, 0.05) is 48.8 Å². The first-order valence-corrected chi connectivity index (χ1v) is 10.9. The number of carbonyl (C=O) groups is 1. The van der Waals surface area contributed by atoms with Gasteiger partial charge in [0.2, 0.25) is 0 Å². The van der Waals surface area contributed by atoms with Gasteiger partial charge in [0.1, 0.15) is 11.4 Å².